The summed E-state index contributed by atoms with van der Waals surface area (Å²) in [4.78, 5) is 15.0. The van der Waals surface area contributed by atoms with Gasteiger partial charge in [-0.2, -0.15) is 0 Å². The standard InChI is InChI=1S/C29H32NSi2.C5H8O2.Ir/c1-19(2)26-17-21(16-20-10-8-9-11-23(20)26)28-29-25(14-15-30-28)24-13-12-22(31(3,4)5)18-27(24)32(29,6)7;1-4(6)3-5(2)7;/h8-15,17-19H,1-7H3;3,6H,1-2H3;/q-1;;/b;4-3-;. The predicted molar refractivity (Wildman–Crippen MR) is 172 cm³/mol. The number of hydrogen-bond donors (Lipinski definition) is 1. The fourth-order valence-electron chi connectivity index (χ4n) is 5.58. The normalized spacial score (nSPS) is 13.7. The molecule has 40 heavy (non-hydrogen) atoms. The van der Waals surface area contributed by atoms with Gasteiger partial charge in [0.05, 0.1) is 13.8 Å². The minimum atomic E-state index is -1.89. The molecule has 1 radical (unpaired) electrons. The van der Waals surface area contributed by atoms with Gasteiger partial charge >= 0.3 is 0 Å². The molecule has 1 N–H and O–H groups in total. The van der Waals surface area contributed by atoms with E-state index in [9.17, 15) is 4.79 Å². The van der Waals surface area contributed by atoms with E-state index < -0.39 is 16.1 Å². The van der Waals surface area contributed by atoms with Crippen LogP contribution in [-0.4, -0.2) is 32.0 Å². The molecule has 3 nitrogen and oxygen atoms in total. The average molecular weight is 743 g/mol. The molecule has 0 unspecified atom stereocenters. The van der Waals surface area contributed by atoms with E-state index in [0.717, 1.165) is 11.3 Å². The van der Waals surface area contributed by atoms with E-state index in [0.29, 0.717) is 5.92 Å². The maximum Gasteiger partial charge on any atom is 0.155 e. The van der Waals surface area contributed by atoms with Gasteiger partial charge in [0.2, 0.25) is 0 Å². The van der Waals surface area contributed by atoms with Gasteiger partial charge in [-0.05, 0) is 42.1 Å². The Balaban J connectivity index is 0.000000492. The Kier molecular flexibility index (Phi) is 9.63. The monoisotopic (exact) mass is 743 g/mol. The molecule has 0 saturated carbocycles. The maximum atomic E-state index is 10.0. The predicted octanol–water partition coefficient (Wildman–Crippen LogP) is 7.21. The van der Waals surface area contributed by atoms with Crippen molar-refractivity contribution in [2.75, 3.05) is 0 Å². The zero-order valence-electron chi connectivity index (χ0n) is 25.1. The Bertz CT molecular complexity index is 1600. The first-order valence-electron chi connectivity index (χ1n) is 13.7. The summed E-state index contributed by atoms with van der Waals surface area (Å²) in [7, 11) is -3.26. The molecule has 211 valence electrons. The van der Waals surface area contributed by atoms with E-state index in [1.165, 1.54) is 52.6 Å². The van der Waals surface area contributed by atoms with Crippen LogP contribution in [0.3, 0.4) is 0 Å². The van der Waals surface area contributed by atoms with Crippen LogP contribution in [-0.2, 0) is 24.9 Å². The maximum absolute atomic E-state index is 10.0. The van der Waals surface area contributed by atoms with Gasteiger partial charge in [-0.15, -0.1) is 29.1 Å². The smallest absolute Gasteiger partial charge is 0.155 e. The first-order valence-corrected chi connectivity index (χ1v) is 20.2. The van der Waals surface area contributed by atoms with Gasteiger partial charge in [0.25, 0.3) is 0 Å². The zero-order valence-corrected chi connectivity index (χ0v) is 29.5. The van der Waals surface area contributed by atoms with Crippen molar-refractivity contribution in [3.05, 3.63) is 84.3 Å². The van der Waals surface area contributed by atoms with Crippen molar-refractivity contribution in [1.82, 2.24) is 4.98 Å². The third kappa shape index (κ3) is 6.31. The fraction of sp³-hybridized carbons (Fsp3) is 0.294. The van der Waals surface area contributed by atoms with E-state index in [4.69, 9.17) is 10.1 Å². The van der Waals surface area contributed by atoms with Crippen molar-refractivity contribution in [3.8, 4) is 22.4 Å². The second-order valence-electron chi connectivity index (χ2n) is 12.5. The molecule has 1 aliphatic rings. The summed E-state index contributed by atoms with van der Waals surface area (Å²) in [5.41, 5.74) is 6.47. The van der Waals surface area contributed by atoms with E-state index in [1.807, 2.05) is 6.20 Å². The Hall–Kier alpha value is -2.64. The number of benzene rings is 3. The molecule has 0 aliphatic carbocycles. The van der Waals surface area contributed by atoms with Crippen molar-refractivity contribution in [3.63, 3.8) is 0 Å². The van der Waals surface area contributed by atoms with Crippen molar-refractivity contribution in [1.29, 1.82) is 0 Å². The van der Waals surface area contributed by atoms with Crippen LogP contribution in [0.2, 0.25) is 32.7 Å². The molecule has 0 fully saturated rings. The summed E-state index contributed by atoms with van der Waals surface area (Å²) in [5, 5.41) is 15.5. The van der Waals surface area contributed by atoms with E-state index in [-0.39, 0.29) is 31.6 Å². The number of pyridine rings is 1. The van der Waals surface area contributed by atoms with Gasteiger partial charge in [-0.25, -0.2) is 0 Å². The number of aromatic nitrogens is 1. The Labute approximate surface area is 255 Å². The van der Waals surface area contributed by atoms with Crippen molar-refractivity contribution in [2.24, 2.45) is 0 Å². The zero-order chi connectivity index (χ0) is 28.7. The number of carbonyl (C=O) groups excluding carboxylic acids is 1. The van der Waals surface area contributed by atoms with E-state index >= 15 is 0 Å². The first kappa shape index (κ1) is 31.9. The van der Waals surface area contributed by atoms with Gasteiger partial charge < -0.3 is 5.11 Å². The summed E-state index contributed by atoms with van der Waals surface area (Å²) in [6, 6.07) is 24.3. The van der Waals surface area contributed by atoms with Crippen LogP contribution in [0.1, 0.15) is 39.2 Å². The number of allylic oxidation sites excluding steroid dienone is 2. The van der Waals surface area contributed by atoms with Crippen LogP contribution in [0.5, 0.6) is 0 Å². The largest absolute Gasteiger partial charge is 0.512 e. The first-order chi connectivity index (χ1) is 18.2. The van der Waals surface area contributed by atoms with Crippen LogP contribution in [0, 0.1) is 6.07 Å². The molecule has 0 atom stereocenters. The molecule has 5 rings (SSSR count). The number of carbonyl (C=O) groups is 1. The van der Waals surface area contributed by atoms with E-state index in [1.54, 1.807) is 10.4 Å². The molecular formula is C34H40IrNO2Si2-. The number of rotatable bonds is 4. The van der Waals surface area contributed by atoms with Gasteiger partial charge in [0.1, 0.15) is 8.07 Å². The second kappa shape index (κ2) is 12.1. The van der Waals surface area contributed by atoms with Gasteiger partial charge in [-0.3, -0.25) is 9.78 Å². The van der Waals surface area contributed by atoms with Crippen LogP contribution >= 0.6 is 0 Å². The summed E-state index contributed by atoms with van der Waals surface area (Å²) in [6.07, 6.45) is 3.16. The molecule has 6 heteroatoms. The molecule has 0 saturated heterocycles. The van der Waals surface area contributed by atoms with Crippen molar-refractivity contribution < 1.29 is 30.0 Å². The van der Waals surface area contributed by atoms with E-state index in [2.05, 4.69) is 107 Å². The number of ketones is 1. The third-order valence-electron chi connectivity index (χ3n) is 7.52. The Morgan fingerprint density at radius 3 is 2.25 bits per heavy atom. The Morgan fingerprint density at radius 1 is 1.00 bits per heavy atom. The summed E-state index contributed by atoms with van der Waals surface area (Å²) in [5.74, 6) is 0.388. The number of nitrogens with zero attached hydrogens (tertiary/aromatic N) is 1. The van der Waals surface area contributed by atoms with Crippen LogP contribution in [0.25, 0.3) is 33.2 Å². The van der Waals surface area contributed by atoms with Crippen molar-refractivity contribution >= 4 is 48.3 Å². The van der Waals surface area contributed by atoms with Gasteiger partial charge in [0, 0.05) is 38.1 Å². The molecule has 3 aromatic carbocycles. The van der Waals surface area contributed by atoms with Gasteiger partial charge in [-0.1, -0.05) is 104 Å². The molecule has 4 aromatic rings. The number of hydrogen-bond acceptors (Lipinski definition) is 3. The van der Waals surface area contributed by atoms with Gasteiger partial charge in [0.15, 0.2) is 5.78 Å². The second-order valence-corrected chi connectivity index (χ2v) is 21.8. The topological polar surface area (TPSA) is 50.2 Å². The van der Waals surface area contributed by atoms with Crippen LogP contribution < -0.4 is 15.6 Å². The molecule has 0 spiro atoms. The summed E-state index contributed by atoms with van der Waals surface area (Å²) >= 11 is 0. The molecule has 1 aliphatic heterocycles. The molecule has 0 bridgehead atoms. The average Bonchev–Trinajstić information content (AvgIpc) is 3.09. The molecular weight excluding hydrogens is 703 g/mol. The minimum Gasteiger partial charge on any atom is -0.512 e. The number of aliphatic hydroxyl groups is 1. The Morgan fingerprint density at radius 2 is 1.68 bits per heavy atom. The molecule has 0 amide bonds. The SMILES string of the molecule is CC(=O)/C=C(/C)O.CC(C)c1cc(-c2nccc3c2[Si](C)(C)c2cc([Si](C)(C)C)ccc2-3)[c-]c2ccccc12.[Ir]. The minimum absolute atomic E-state index is 0. The number of fused-ring (bicyclic) bond motifs is 4. The van der Waals surface area contributed by atoms with Crippen LogP contribution in [0.15, 0.2) is 72.6 Å². The fourth-order valence-corrected chi connectivity index (χ4v) is 10.2. The van der Waals surface area contributed by atoms with Crippen molar-refractivity contribution in [2.45, 2.75) is 66.3 Å². The van der Waals surface area contributed by atoms with Crippen LogP contribution in [0.4, 0.5) is 0 Å². The third-order valence-corrected chi connectivity index (χ3v) is 13.1. The molecule has 1 aromatic heterocycles. The summed E-state index contributed by atoms with van der Waals surface area (Å²) < 4.78 is 0. The quantitative estimate of drug-likeness (QED) is 0.104. The number of aliphatic hydroxyl groups excluding tert-OH is 1. The summed E-state index contributed by atoms with van der Waals surface area (Å²) in [6.45, 7) is 19.7. The molecule has 2 heterocycles.